The molecule has 0 spiro atoms. The van der Waals surface area contributed by atoms with Crippen molar-refractivity contribution in [2.75, 3.05) is 11.8 Å². The summed E-state index contributed by atoms with van der Waals surface area (Å²) in [6, 6.07) is 0. The van der Waals surface area contributed by atoms with Crippen LogP contribution in [0.4, 0.5) is 0 Å². The van der Waals surface area contributed by atoms with Crippen molar-refractivity contribution in [1.82, 2.24) is 0 Å². The van der Waals surface area contributed by atoms with E-state index >= 15 is 0 Å². The van der Waals surface area contributed by atoms with E-state index in [4.69, 9.17) is 92.8 Å². The van der Waals surface area contributed by atoms with Crippen LogP contribution in [0.3, 0.4) is 0 Å². The van der Waals surface area contributed by atoms with E-state index in [0.29, 0.717) is 6.42 Å². The molecular formula is C10H10Cl8. The average molecular weight is 414 g/mol. The van der Waals surface area contributed by atoms with Crippen molar-refractivity contribution >= 4 is 92.8 Å². The van der Waals surface area contributed by atoms with E-state index in [-0.39, 0.29) is 24.1 Å². The number of hydrogen-bond acceptors (Lipinski definition) is 0. The highest BCUT2D eigenvalue weighted by molar-refractivity contribution is 6.54. The third-order valence-corrected chi connectivity index (χ3v) is 8.02. The van der Waals surface area contributed by atoms with E-state index in [1.165, 1.54) is 0 Å². The molecule has 0 N–H and O–H groups in total. The fraction of sp³-hybridized carbons (Fsp3) is 1.00. The lowest BCUT2D eigenvalue weighted by molar-refractivity contribution is 0.145. The summed E-state index contributed by atoms with van der Waals surface area (Å²) in [5.41, 5.74) is -1.58. The smallest absolute Gasteiger partial charge is 0.126 e. The van der Waals surface area contributed by atoms with Gasteiger partial charge in [-0.1, -0.05) is 0 Å². The van der Waals surface area contributed by atoms with Crippen LogP contribution in [0.5, 0.6) is 0 Å². The maximum absolute atomic E-state index is 6.45. The Kier molecular flexibility index (Phi) is 4.56. The van der Waals surface area contributed by atoms with Crippen molar-refractivity contribution in [2.24, 2.45) is 16.7 Å². The van der Waals surface area contributed by atoms with Crippen LogP contribution in [-0.2, 0) is 0 Å². The van der Waals surface area contributed by atoms with E-state index in [1.54, 1.807) is 0 Å². The Labute approximate surface area is 146 Å². The van der Waals surface area contributed by atoms with Gasteiger partial charge in [0, 0.05) is 28.5 Å². The Morgan fingerprint density at radius 1 is 1.00 bits per heavy atom. The minimum atomic E-state index is -1.14. The zero-order chi connectivity index (χ0) is 14.0. The van der Waals surface area contributed by atoms with Gasteiger partial charge in [-0.3, -0.25) is 0 Å². The normalized spacial score (nSPS) is 39.5. The fourth-order valence-electron chi connectivity index (χ4n) is 3.58. The minimum Gasteiger partial charge on any atom is -0.126 e. The topological polar surface area (TPSA) is 0 Å². The van der Waals surface area contributed by atoms with Gasteiger partial charge in [0.1, 0.15) is 13.5 Å². The molecule has 2 rings (SSSR count). The third-order valence-electron chi connectivity index (χ3n) is 4.54. The van der Waals surface area contributed by atoms with Crippen molar-refractivity contribution in [3.63, 3.8) is 0 Å². The second-order valence-corrected chi connectivity index (χ2v) is 9.75. The van der Waals surface area contributed by atoms with Crippen molar-refractivity contribution in [3.05, 3.63) is 0 Å². The standard InChI is InChI=1S/C10H10Cl8/c11-3-7(4-12)5-1-10(17,18)8(7,6(13)14)2-9(5,15)16/h5-6H,1-4H2/t5-,8-/m0/s1. The summed E-state index contributed by atoms with van der Waals surface area (Å²) in [6.07, 6.45) is 0.649. The Morgan fingerprint density at radius 2 is 1.50 bits per heavy atom. The second-order valence-electron chi connectivity index (χ2n) is 5.09. The van der Waals surface area contributed by atoms with Gasteiger partial charge < -0.3 is 0 Å². The molecule has 0 aliphatic heterocycles. The van der Waals surface area contributed by atoms with Gasteiger partial charge in [0.2, 0.25) is 0 Å². The van der Waals surface area contributed by atoms with Gasteiger partial charge >= 0.3 is 0 Å². The molecule has 2 aliphatic rings. The van der Waals surface area contributed by atoms with Crippen LogP contribution in [0.1, 0.15) is 12.8 Å². The van der Waals surface area contributed by atoms with Gasteiger partial charge in [0.15, 0.2) is 0 Å². The third kappa shape index (κ3) is 1.80. The van der Waals surface area contributed by atoms with Crippen LogP contribution in [0, 0.1) is 16.7 Å². The molecule has 0 saturated heterocycles. The predicted octanol–water partition coefficient (Wildman–Crippen LogP) is 6.01. The maximum Gasteiger partial charge on any atom is 0.127 e. The summed E-state index contributed by atoms with van der Waals surface area (Å²) in [5, 5.41) is 0. The molecule has 2 atom stereocenters. The summed E-state index contributed by atoms with van der Waals surface area (Å²) < 4.78 is -2.15. The van der Waals surface area contributed by atoms with Crippen molar-refractivity contribution < 1.29 is 0 Å². The first-order valence-corrected chi connectivity index (χ1v) is 8.72. The number of hydrogen-bond donors (Lipinski definition) is 0. The Bertz CT molecular complexity index is 348. The number of fused-ring (bicyclic) bond motifs is 2. The van der Waals surface area contributed by atoms with Gasteiger partial charge in [0.05, 0.1) is 0 Å². The highest BCUT2D eigenvalue weighted by Gasteiger charge is 2.81. The largest absolute Gasteiger partial charge is 0.127 e. The van der Waals surface area contributed by atoms with Crippen LogP contribution in [0.25, 0.3) is 0 Å². The van der Waals surface area contributed by atoms with Gasteiger partial charge in [-0.25, -0.2) is 0 Å². The highest BCUT2D eigenvalue weighted by Crippen LogP contribution is 2.80. The molecule has 2 aliphatic carbocycles. The molecule has 2 fully saturated rings. The molecule has 0 nitrogen and oxygen atoms in total. The first-order valence-electron chi connectivity index (χ1n) is 5.27. The molecule has 0 aromatic carbocycles. The van der Waals surface area contributed by atoms with Gasteiger partial charge in [-0.2, -0.15) is 0 Å². The molecule has 0 aromatic heterocycles. The molecule has 0 radical (unpaired) electrons. The molecule has 8 heteroatoms. The van der Waals surface area contributed by atoms with Crippen LogP contribution in [-0.4, -0.2) is 25.3 Å². The Balaban J connectivity index is 2.66. The molecule has 0 amide bonds. The Morgan fingerprint density at radius 3 is 1.83 bits per heavy atom. The molecule has 2 saturated carbocycles. The predicted molar refractivity (Wildman–Crippen MR) is 83.4 cm³/mol. The van der Waals surface area contributed by atoms with Gasteiger partial charge in [-0.15, -0.1) is 92.8 Å². The Hall–Kier alpha value is 2.32. The quantitative estimate of drug-likeness (QED) is 0.497. The summed E-state index contributed by atoms with van der Waals surface area (Å²) in [4.78, 5) is -0.852. The minimum absolute atomic E-state index is 0.208. The van der Waals surface area contributed by atoms with E-state index < -0.39 is 24.3 Å². The van der Waals surface area contributed by atoms with E-state index in [0.717, 1.165) is 0 Å². The number of halogens is 8. The zero-order valence-corrected chi connectivity index (χ0v) is 15.1. The highest BCUT2D eigenvalue weighted by atomic mass is 35.5. The number of alkyl halides is 8. The molecular weight excluding hydrogens is 404 g/mol. The summed E-state index contributed by atoms with van der Waals surface area (Å²) in [6.45, 7) is 0. The van der Waals surface area contributed by atoms with Crippen LogP contribution in [0.15, 0.2) is 0 Å². The lowest BCUT2D eigenvalue weighted by atomic mass is 9.70. The monoisotopic (exact) mass is 410 g/mol. The number of rotatable bonds is 3. The first kappa shape index (κ1) is 16.7. The van der Waals surface area contributed by atoms with Crippen molar-refractivity contribution in [3.8, 4) is 0 Å². The van der Waals surface area contributed by atoms with Crippen LogP contribution < -0.4 is 0 Å². The summed E-state index contributed by atoms with van der Waals surface area (Å²) in [7, 11) is 0. The van der Waals surface area contributed by atoms with Crippen molar-refractivity contribution in [1.29, 1.82) is 0 Å². The SMILES string of the molecule is ClCC1(CCl)[C@@H]2CC(Cl)(Cl)[C@]1(C(Cl)Cl)CC2(Cl)Cl. The molecule has 106 valence electrons. The van der Waals surface area contributed by atoms with Gasteiger partial charge in [-0.05, 0) is 12.8 Å². The van der Waals surface area contributed by atoms with E-state index in [9.17, 15) is 0 Å². The maximum atomic E-state index is 6.45. The van der Waals surface area contributed by atoms with Gasteiger partial charge in [0.25, 0.3) is 0 Å². The van der Waals surface area contributed by atoms with Crippen LogP contribution in [0.2, 0.25) is 0 Å². The van der Waals surface area contributed by atoms with Crippen LogP contribution >= 0.6 is 92.8 Å². The first-order chi connectivity index (χ1) is 8.11. The summed E-state index contributed by atoms with van der Waals surface area (Å²) >= 11 is 50.3. The van der Waals surface area contributed by atoms with E-state index in [2.05, 4.69) is 0 Å². The fourth-order valence-corrected chi connectivity index (χ4v) is 7.93. The zero-order valence-electron chi connectivity index (χ0n) is 9.01. The van der Waals surface area contributed by atoms with Crippen molar-refractivity contribution in [2.45, 2.75) is 26.3 Å². The molecule has 0 aromatic rings. The average Bonchev–Trinajstić information content (AvgIpc) is 2.57. The second kappa shape index (κ2) is 4.92. The molecule has 0 heterocycles. The lowest BCUT2D eigenvalue weighted by Crippen LogP contribution is -2.51. The molecule has 2 bridgehead atoms. The molecule has 0 unspecified atom stereocenters. The van der Waals surface area contributed by atoms with E-state index in [1.807, 2.05) is 0 Å². The molecule has 18 heavy (non-hydrogen) atoms. The lowest BCUT2D eigenvalue weighted by Gasteiger charge is -2.47. The summed E-state index contributed by atoms with van der Waals surface area (Å²) in [5.74, 6) is 0.178.